The van der Waals surface area contributed by atoms with E-state index in [0.717, 1.165) is 12.8 Å². The SMILES string of the molecule is CCOC(=O)c1ccc(NC(=O)CCCC(C)N)cc1. The fourth-order valence-corrected chi connectivity index (χ4v) is 1.71. The van der Waals surface area contributed by atoms with Crippen molar-refractivity contribution in [3.63, 3.8) is 0 Å². The number of hydrogen-bond donors (Lipinski definition) is 2. The van der Waals surface area contributed by atoms with Gasteiger partial charge in [-0.15, -0.1) is 0 Å². The number of esters is 1. The van der Waals surface area contributed by atoms with Crippen molar-refractivity contribution in [3.05, 3.63) is 29.8 Å². The molecule has 0 saturated carbocycles. The van der Waals surface area contributed by atoms with Gasteiger partial charge in [0, 0.05) is 18.2 Å². The molecule has 0 aliphatic heterocycles. The van der Waals surface area contributed by atoms with Gasteiger partial charge in [-0.3, -0.25) is 4.79 Å². The number of rotatable bonds is 7. The van der Waals surface area contributed by atoms with Crippen molar-refractivity contribution in [2.75, 3.05) is 11.9 Å². The van der Waals surface area contributed by atoms with Crippen LogP contribution in [0.15, 0.2) is 24.3 Å². The van der Waals surface area contributed by atoms with Crippen molar-refractivity contribution in [1.82, 2.24) is 0 Å². The Morgan fingerprint density at radius 3 is 2.50 bits per heavy atom. The normalized spacial score (nSPS) is 11.8. The summed E-state index contributed by atoms with van der Waals surface area (Å²) in [6.07, 6.45) is 2.04. The maximum absolute atomic E-state index is 11.7. The molecule has 1 aromatic carbocycles. The van der Waals surface area contributed by atoms with E-state index in [1.807, 2.05) is 6.92 Å². The Morgan fingerprint density at radius 1 is 1.30 bits per heavy atom. The molecule has 5 heteroatoms. The standard InChI is InChI=1S/C15H22N2O3/c1-3-20-15(19)12-7-9-13(10-8-12)17-14(18)6-4-5-11(2)16/h7-11H,3-6,16H2,1-2H3,(H,17,18). The Kier molecular flexibility index (Phi) is 6.73. The Labute approximate surface area is 119 Å². The summed E-state index contributed by atoms with van der Waals surface area (Å²) in [6, 6.07) is 6.77. The molecule has 0 aliphatic carbocycles. The number of carbonyl (C=O) groups is 2. The van der Waals surface area contributed by atoms with Gasteiger partial charge in [-0.2, -0.15) is 0 Å². The topological polar surface area (TPSA) is 81.4 Å². The number of benzene rings is 1. The van der Waals surface area contributed by atoms with E-state index in [9.17, 15) is 9.59 Å². The van der Waals surface area contributed by atoms with Crippen molar-refractivity contribution in [3.8, 4) is 0 Å². The number of anilines is 1. The third-order valence-electron chi connectivity index (χ3n) is 2.74. The van der Waals surface area contributed by atoms with Gasteiger partial charge in [-0.25, -0.2) is 4.79 Å². The van der Waals surface area contributed by atoms with Crippen LogP contribution in [0, 0.1) is 0 Å². The van der Waals surface area contributed by atoms with Crippen molar-refractivity contribution in [2.45, 2.75) is 39.2 Å². The first-order chi connectivity index (χ1) is 9.52. The smallest absolute Gasteiger partial charge is 0.338 e. The number of amides is 1. The minimum atomic E-state index is -0.359. The van der Waals surface area contributed by atoms with Crippen LogP contribution in [0.25, 0.3) is 0 Å². The molecule has 0 aromatic heterocycles. The molecule has 1 amide bonds. The molecule has 20 heavy (non-hydrogen) atoms. The fraction of sp³-hybridized carbons (Fsp3) is 0.467. The fourth-order valence-electron chi connectivity index (χ4n) is 1.71. The van der Waals surface area contributed by atoms with Gasteiger partial charge < -0.3 is 15.8 Å². The molecule has 5 nitrogen and oxygen atoms in total. The maximum atomic E-state index is 11.7. The highest BCUT2D eigenvalue weighted by molar-refractivity contribution is 5.93. The van der Waals surface area contributed by atoms with Gasteiger partial charge in [0.15, 0.2) is 0 Å². The van der Waals surface area contributed by atoms with E-state index in [4.69, 9.17) is 10.5 Å². The molecular weight excluding hydrogens is 256 g/mol. The molecule has 0 radical (unpaired) electrons. The summed E-state index contributed by atoms with van der Waals surface area (Å²) in [5, 5.41) is 2.78. The third kappa shape index (κ3) is 5.84. The first-order valence-electron chi connectivity index (χ1n) is 6.85. The second kappa shape index (κ2) is 8.32. The van der Waals surface area contributed by atoms with E-state index in [2.05, 4.69) is 5.32 Å². The molecule has 0 fully saturated rings. The molecule has 0 aliphatic rings. The van der Waals surface area contributed by atoms with Crippen LogP contribution in [0.5, 0.6) is 0 Å². The summed E-state index contributed by atoms with van der Waals surface area (Å²) in [5.74, 6) is -0.406. The molecule has 110 valence electrons. The Hall–Kier alpha value is -1.88. The van der Waals surface area contributed by atoms with Crippen LogP contribution in [-0.4, -0.2) is 24.5 Å². The predicted molar refractivity (Wildman–Crippen MR) is 78.5 cm³/mol. The van der Waals surface area contributed by atoms with Crippen LogP contribution >= 0.6 is 0 Å². The summed E-state index contributed by atoms with van der Waals surface area (Å²) < 4.78 is 4.89. The van der Waals surface area contributed by atoms with Gasteiger partial charge in [-0.1, -0.05) is 0 Å². The lowest BCUT2D eigenvalue weighted by Gasteiger charge is -2.07. The van der Waals surface area contributed by atoms with Crippen LogP contribution < -0.4 is 11.1 Å². The highest BCUT2D eigenvalue weighted by Gasteiger charge is 2.07. The molecule has 0 spiro atoms. The number of nitrogens with one attached hydrogen (secondary N) is 1. The first kappa shape index (κ1) is 16.2. The summed E-state index contributed by atoms with van der Waals surface area (Å²) in [7, 11) is 0. The van der Waals surface area contributed by atoms with E-state index in [-0.39, 0.29) is 17.9 Å². The molecule has 0 heterocycles. The molecule has 1 aromatic rings. The maximum Gasteiger partial charge on any atom is 0.338 e. The van der Waals surface area contributed by atoms with Crippen molar-refractivity contribution >= 4 is 17.6 Å². The largest absolute Gasteiger partial charge is 0.462 e. The molecule has 1 unspecified atom stereocenters. The van der Waals surface area contributed by atoms with Gasteiger partial charge in [0.25, 0.3) is 0 Å². The zero-order valence-corrected chi connectivity index (χ0v) is 12.0. The lowest BCUT2D eigenvalue weighted by Crippen LogP contribution is -2.16. The Balaban J connectivity index is 2.44. The van der Waals surface area contributed by atoms with Crippen LogP contribution in [0.4, 0.5) is 5.69 Å². The zero-order chi connectivity index (χ0) is 15.0. The molecule has 0 bridgehead atoms. The number of carbonyl (C=O) groups excluding carboxylic acids is 2. The molecular formula is C15H22N2O3. The second-order valence-electron chi connectivity index (χ2n) is 4.72. The molecule has 3 N–H and O–H groups in total. The summed E-state index contributed by atoms with van der Waals surface area (Å²) >= 11 is 0. The molecule has 0 saturated heterocycles. The highest BCUT2D eigenvalue weighted by Crippen LogP contribution is 2.11. The first-order valence-corrected chi connectivity index (χ1v) is 6.85. The van der Waals surface area contributed by atoms with Crippen LogP contribution in [0.3, 0.4) is 0 Å². The lowest BCUT2D eigenvalue weighted by atomic mass is 10.1. The van der Waals surface area contributed by atoms with E-state index in [0.29, 0.717) is 24.3 Å². The van der Waals surface area contributed by atoms with E-state index >= 15 is 0 Å². The van der Waals surface area contributed by atoms with Gasteiger partial charge in [0.2, 0.25) is 5.91 Å². The average molecular weight is 278 g/mol. The molecule has 1 rings (SSSR count). The summed E-state index contributed by atoms with van der Waals surface area (Å²) in [6.45, 7) is 4.03. The number of ether oxygens (including phenoxy) is 1. The zero-order valence-electron chi connectivity index (χ0n) is 12.0. The van der Waals surface area contributed by atoms with E-state index in [1.54, 1.807) is 31.2 Å². The number of hydrogen-bond acceptors (Lipinski definition) is 4. The van der Waals surface area contributed by atoms with E-state index < -0.39 is 0 Å². The minimum Gasteiger partial charge on any atom is -0.462 e. The van der Waals surface area contributed by atoms with Crippen LogP contribution in [0.2, 0.25) is 0 Å². The van der Waals surface area contributed by atoms with Crippen molar-refractivity contribution in [1.29, 1.82) is 0 Å². The van der Waals surface area contributed by atoms with Crippen molar-refractivity contribution in [2.24, 2.45) is 5.73 Å². The summed E-state index contributed by atoms with van der Waals surface area (Å²) in [4.78, 5) is 23.1. The quantitative estimate of drug-likeness (QED) is 0.750. The Bertz CT molecular complexity index is 441. The Morgan fingerprint density at radius 2 is 1.95 bits per heavy atom. The van der Waals surface area contributed by atoms with Gasteiger partial charge in [0.1, 0.15) is 0 Å². The van der Waals surface area contributed by atoms with Gasteiger partial charge in [-0.05, 0) is 51.0 Å². The second-order valence-corrected chi connectivity index (χ2v) is 4.72. The minimum absolute atomic E-state index is 0.0467. The highest BCUT2D eigenvalue weighted by atomic mass is 16.5. The predicted octanol–water partition coefficient (Wildman–Crippen LogP) is 2.32. The van der Waals surface area contributed by atoms with Crippen molar-refractivity contribution < 1.29 is 14.3 Å². The lowest BCUT2D eigenvalue weighted by molar-refractivity contribution is -0.116. The third-order valence-corrected chi connectivity index (χ3v) is 2.74. The summed E-state index contributed by atoms with van der Waals surface area (Å²) in [5.41, 5.74) is 6.77. The van der Waals surface area contributed by atoms with E-state index in [1.165, 1.54) is 0 Å². The number of nitrogens with two attached hydrogens (primary N) is 1. The average Bonchev–Trinajstić information content (AvgIpc) is 2.39. The van der Waals surface area contributed by atoms with Crippen LogP contribution in [0.1, 0.15) is 43.5 Å². The molecule has 1 atom stereocenters. The van der Waals surface area contributed by atoms with Gasteiger partial charge >= 0.3 is 5.97 Å². The van der Waals surface area contributed by atoms with Gasteiger partial charge in [0.05, 0.1) is 12.2 Å². The van der Waals surface area contributed by atoms with Crippen LogP contribution in [-0.2, 0) is 9.53 Å². The monoisotopic (exact) mass is 278 g/mol.